The number of fused-ring (bicyclic) bond motifs is 1. The summed E-state index contributed by atoms with van der Waals surface area (Å²) in [6.07, 6.45) is 3.62. The van der Waals surface area contributed by atoms with Crippen molar-refractivity contribution in [3.63, 3.8) is 0 Å². The average Bonchev–Trinajstić information content (AvgIpc) is 3.22. The quantitative estimate of drug-likeness (QED) is 0.874. The van der Waals surface area contributed by atoms with Crippen LogP contribution in [0.4, 0.5) is 0 Å². The van der Waals surface area contributed by atoms with E-state index in [1.165, 1.54) is 6.39 Å². The van der Waals surface area contributed by atoms with Crippen molar-refractivity contribution in [2.75, 3.05) is 13.1 Å². The molecule has 2 aliphatic rings. The first kappa shape index (κ1) is 14.3. The molecule has 2 fully saturated rings. The van der Waals surface area contributed by atoms with Crippen LogP contribution in [0.25, 0.3) is 0 Å². The SMILES string of the molecule is Cc1ncoc1C(=O)N1C[C@H]2CC(Oc3ccccc3)C[C@H]2C1. The fourth-order valence-electron chi connectivity index (χ4n) is 3.85. The highest BCUT2D eigenvalue weighted by Crippen LogP contribution is 2.40. The summed E-state index contributed by atoms with van der Waals surface area (Å²) in [5.41, 5.74) is 0.664. The zero-order valence-electron chi connectivity index (χ0n) is 13.1. The molecule has 0 radical (unpaired) electrons. The predicted molar refractivity (Wildman–Crippen MR) is 84.2 cm³/mol. The van der Waals surface area contributed by atoms with Crippen molar-refractivity contribution in [2.24, 2.45) is 11.8 Å². The first-order chi connectivity index (χ1) is 11.2. The van der Waals surface area contributed by atoms with Crippen LogP contribution in [0.2, 0.25) is 0 Å². The third-order valence-corrected chi connectivity index (χ3v) is 4.98. The van der Waals surface area contributed by atoms with Gasteiger partial charge in [0.2, 0.25) is 5.76 Å². The van der Waals surface area contributed by atoms with Gasteiger partial charge in [0.05, 0.1) is 11.8 Å². The van der Waals surface area contributed by atoms with E-state index in [2.05, 4.69) is 4.98 Å². The van der Waals surface area contributed by atoms with Gasteiger partial charge in [0.25, 0.3) is 5.91 Å². The maximum absolute atomic E-state index is 12.5. The molecule has 5 nitrogen and oxygen atoms in total. The molecule has 120 valence electrons. The van der Waals surface area contributed by atoms with Gasteiger partial charge in [-0.05, 0) is 43.7 Å². The van der Waals surface area contributed by atoms with E-state index in [-0.39, 0.29) is 12.0 Å². The predicted octanol–water partition coefficient (Wildman–Crippen LogP) is 2.91. The number of amides is 1. The van der Waals surface area contributed by atoms with Crippen molar-refractivity contribution in [1.29, 1.82) is 0 Å². The van der Waals surface area contributed by atoms with Gasteiger partial charge in [-0.1, -0.05) is 18.2 Å². The molecule has 1 unspecified atom stereocenters. The first-order valence-electron chi connectivity index (χ1n) is 8.12. The lowest BCUT2D eigenvalue weighted by Gasteiger charge is -2.19. The van der Waals surface area contributed by atoms with Gasteiger partial charge in [-0.2, -0.15) is 0 Å². The Morgan fingerprint density at radius 1 is 1.22 bits per heavy atom. The fourth-order valence-corrected chi connectivity index (χ4v) is 3.85. The number of rotatable bonds is 3. The van der Waals surface area contributed by atoms with Crippen LogP contribution >= 0.6 is 0 Å². The number of nitrogens with zero attached hydrogens (tertiary/aromatic N) is 2. The number of hydrogen-bond acceptors (Lipinski definition) is 4. The molecule has 1 saturated carbocycles. The van der Waals surface area contributed by atoms with Gasteiger partial charge in [0.15, 0.2) is 6.39 Å². The standard InChI is InChI=1S/C18H20N2O3/c1-12-17(22-11-19-12)18(21)20-9-13-7-16(8-14(13)10-20)23-15-5-3-2-4-6-15/h2-6,11,13-14,16H,7-10H2,1H3/t13-,14+,16?. The van der Waals surface area contributed by atoms with Crippen LogP contribution in [0.3, 0.4) is 0 Å². The molecule has 5 heteroatoms. The number of aromatic nitrogens is 1. The molecule has 0 N–H and O–H groups in total. The number of carbonyl (C=O) groups excluding carboxylic acids is 1. The number of aryl methyl sites for hydroxylation is 1. The lowest BCUT2D eigenvalue weighted by atomic mass is 10.0. The molecule has 0 bridgehead atoms. The molecule has 23 heavy (non-hydrogen) atoms. The van der Waals surface area contributed by atoms with Crippen molar-refractivity contribution in [1.82, 2.24) is 9.88 Å². The Hall–Kier alpha value is -2.30. The Labute approximate surface area is 135 Å². The van der Waals surface area contributed by atoms with Crippen LogP contribution in [0.15, 0.2) is 41.1 Å². The van der Waals surface area contributed by atoms with Gasteiger partial charge in [0, 0.05) is 13.1 Å². The van der Waals surface area contributed by atoms with E-state index in [4.69, 9.17) is 9.15 Å². The summed E-state index contributed by atoms with van der Waals surface area (Å²) in [6, 6.07) is 9.97. The minimum Gasteiger partial charge on any atom is -0.490 e. The third kappa shape index (κ3) is 2.71. The van der Waals surface area contributed by atoms with Gasteiger partial charge in [-0.3, -0.25) is 4.79 Å². The third-order valence-electron chi connectivity index (χ3n) is 4.98. The van der Waals surface area contributed by atoms with Crippen molar-refractivity contribution in [3.8, 4) is 5.75 Å². The highest BCUT2D eigenvalue weighted by atomic mass is 16.5. The molecule has 1 aliphatic carbocycles. The van der Waals surface area contributed by atoms with Crippen LogP contribution < -0.4 is 4.74 Å². The highest BCUT2D eigenvalue weighted by molar-refractivity contribution is 5.92. The summed E-state index contributed by atoms with van der Waals surface area (Å²) in [5, 5.41) is 0. The molecule has 4 rings (SSSR count). The van der Waals surface area contributed by atoms with Crippen LogP contribution in [-0.4, -0.2) is 35.0 Å². The Kier molecular flexibility index (Phi) is 3.56. The van der Waals surface area contributed by atoms with Gasteiger partial charge < -0.3 is 14.1 Å². The molecular weight excluding hydrogens is 292 g/mol. The highest BCUT2D eigenvalue weighted by Gasteiger charge is 2.44. The van der Waals surface area contributed by atoms with E-state index in [0.29, 0.717) is 23.3 Å². The molecule has 1 saturated heterocycles. The van der Waals surface area contributed by atoms with E-state index in [0.717, 1.165) is 31.7 Å². The number of ether oxygens (including phenoxy) is 1. The second-order valence-corrected chi connectivity index (χ2v) is 6.52. The maximum atomic E-state index is 12.5. The smallest absolute Gasteiger partial charge is 0.291 e. The minimum atomic E-state index is -0.0325. The average molecular weight is 312 g/mol. The van der Waals surface area contributed by atoms with Gasteiger partial charge in [-0.15, -0.1) is 0 Å². The van der Waals surface area contributed by atoms with Crippen LogP contribution in [0, 0.1) is 18.8 Å². The van der Waals surface area contributed by atoms with E-state index in [9.17, 15) is 4.79 Å². The number of likely N-dealkylation sites (tertiary alicyclic amines) is 1. The molecule has 2 heterocycles. The molecular formula is C18H20N2O3. The van der Waals surface area contributed by atoms with Crippen molar-refractivity contribution in [2.45, 2.75) is 25.9 Å². The maximum Gasteiger partial charge on any atom is 0.291 e. The normalized spacial score (nSPS) is 26.3. The summed E-state index contributed by atoms with van der Waals surface area (Å²) >= 11 is 0. The minimum absolute atomic E-state index is 0.0325. The Balaban J connectivity index is 1.37. The molecule has 2 aromatic rings. The number of benzene rings is 1. The fraction of sp³-hybridized carbons (Fsp3) is 0.444. The first-order valence-corrected chi connectivity index (χ1v) is 8.12. The second kappa shape index (κ2) is 5.72. The largest absolute Gasteiger partial charge is 0.490 e. The van der Waals surface area contributed by atoms with E-state index < -0.39 is 0 Å². The molecule has 1 aromatic carbocycles. The van der Waals surface area contributed by atoms with Gasteiger partial charge in [-0.25, -0.2) is 4.98 Å². The lowest BCUT2D eigenvalue weighted by Crippen LogP contribution is -2.31. The number of para-hydroxylation sites is 1. The number of hydrogen-bond donors (Lipinski definition) is 0. The number of carbonyl (C=O) groups is 1. The van der Waals surface area contributed by atoms with Crippen molar-refractivity contribution in [3.05, 3.63) is 48.2 Å². The summed E-state index contributed by atoms with van der Waals surface area (Å²) in [5.74, 6) is 2.33. The zero-order chi connectivity index (χ0) is 15.8. The monoisotopic (exact) mass is 312 g/mol. The summed E-state index contributed by atoms with van der Waals surface area (Å²) in [4.78, 5) is 18.4. The van der Waals surface area contributed by atoms with Gasteiger partial charge >= 0.3 is 0 Å². The summed E-state index contributed by atoms with van der Waals surface area (Å²) in [6.45, 7) is 3.38. The second-order valence-electron chi connectivity index (χ2n) is 6.52. The van der Waals surface area contributed by atoms with Crippen LogP contribution in [-0.2, 0) is 0 Å². The van der Waals surface area contributed by atoms with Crippen molar-refractivity contribution >= 4 is 5.91 Å². The van der Waals surface area contributed by atoms with E-state index in [1.54, 1.807) is 6.92 Å². The van der Waals surface area contributed by atoms with Crippen LogP contribution in [0.5, 0.6) is 5.75 Å². The topological polar surface area (TPSA) is 55.6 Å². The van der Waals surface area contributed by atoms with Gasteiger partial charge in [0.1, 0.15) is 5.75 Å². The van der Waals surface area contributed by atoms with Crippen molar-refractivity contribution < 1.29 is 13.9 Å². The van der Waals surface area contributed by atoms with E-state index >= 15 is 0 Å². The van der Waals surface area contributed by atoms with E-state index in [1.807, 2.05) is 35.2 Å². The lowest BCUT2D eigenvalue weighted by molar-refractivity contribution is 0.0737. The molecule has 1 amide bonds. The summed E-state index contributed by atoms with van der Waals surface area (Å²) in [7, 11) is 0. The van der Waals surface area contributed by atoms with Crippen LogP contribution in [0.1, 0.15) is 29.1 Å². The molecule has 1 aliphatic heterocycles. The number of oxazole rings is 1. The molecule has 0 spiro atoms. The Morgan fingerprint density at radius 3 is 2.52 bits per heavy atom. The molecule has 1 aromatic heterocycles. The summed E-state index contributed by atoms with van der Waals surface area (Å²) < 4.78 is 11.3. The Bertz CT molecular complexity index is 683. The Morgan fingerprint density at radius 2 is 1.91 bits per heavy atom. The zero-order valence-corrected chi connectivity index (χ0v) is 13.1. The molecule has 3 atom stereocenters.